The Hall–Kier alpha value is -2.34. The molecule has 4 nitrogen and oxygen atoms in total. The number of fused-ring (bicyclic) bond motifs is 3. The van der Waals surface area contributed by atoms with Gasteiger partial charge in [-0.05, 0) is 30.7 Å². The van der Waals surface area contributed by atoms with Crippen LogP contribution in [0.1, 0.15) is 32.6 Å². The first kappa shape index (κ1) is 18.0. The van der Waals surface area contributed by atoms with Crippen molar-refractivity contribution in [3.8, 4) is 11.5 Å². The zero-order valence-electron chi connectivity index (χ0n) is 15.2. The fourth-order valence-electron chi connectivity index (χ4n) is 3.32. The van der Waals surface area contributed by atoms with E-state index < -0.39 is 11.6 Å². The second-order valence-corrected chi connectivity index (χ2v) is 6.77. The minimum Gasteiger partial charge on any atom is -0.490 e. The minimum absolute atomic E-state index is 0.00163. The molecule has 6 heteroatoms. The normalized spacial score (nSPS) is 17.1. The molecule has 1 fully saturated rings. The summed E-state index contributed by atoms with van der Waals surface area (Å²) in [5.74, 6) is -1.02. The molecule has 0 aliphatic carbocycles. The van der Waals surface area contributed by atoms with Crippen molar-refractivity contribution in [2.24, 2.45) is 0 Å². The molecule has 0 amide bonds. The van der Waals surface area contributed by atoms with Crippen LogP contribution in [0, 0.1) is 11.6 Å². The standard InChI is InChI=1S/C21H22F2O4/c1-2-3-4-10-25-16-7-5-14-15-6-8-17(26-13-9-11-24-12-13)19(23)21(15)27-20(14)18(16)22/h5-8,13H,2-4,9-12H2,1H3. The van der Waals surface area contributed by atoms with Gasteiger partial charge in [0.25, 0.3) is 0 Å². The maximum Gasteiger partial charge on any atom is 0.208 e. The Morgan fingerprint density at radius 3 is 2.37 bits per heavy atom. The van der Waals surface area contributed by atoms with Gasteiger partial charge in [-0.3, -0.25) is 0 Å². The zero-order valence-corrected chi connectivity index (χ0v) is 15.2. The number of benzene rings is 2. The van der Waals surface area contributed by atoms with Crippen LogP contribution in [0.2, 0.25) is 0 Å². The van der Waals surface area contributed by atoms with E-state index in [2.05, 4.69) is 6.92 Å². The molecule has 1 aliphatic heterocycles. The largest absolute Gasteiger partial charge is 0.490 e. The van der Waals surface area contributed by atoms with Crippen LogP contribution in [-0.2, 0) is 4.74 Å². The van der Waals surface area contributed by atoms with Gasteiger partial charge in [-0.25, -0.2) is 0 Å². The lowest BCUT2D eigenvalue weighted by Crippen LogP contribution is -2.16. The SMILES string of the molecule is CCCCCOc1ccc2c(oc3c(F)c(OC4CCOC4)ccc32)c1F. The van der Waals surface area contributed by atoms with Crippen LogP contribution in [-0.4, -0.2) is 25.9 Å². The van der Waals surface area contributed by atoms with Gasteiger partial charge in [0.2, 0.25) is 11.6 Å². The number of ether oxygens (including phenoxy) is 3. The Morgan fingerprint density at radius 1 is 1.00 bits per heavy atom. The topological polar surface area (TPSA) is 40.8 Å². The van der Waals surface area contributed by atoms with Gasteiger partial charge in [-0.2, -0.15) is 8.78 Å². The summed E-state index contributed by atoms with van der Waals surface area (Å²) < 4.78 is 51.6. The molecule has 0 radical (unpaired) electrons. The van der Waals surface area contributed by atoms with Gasteiger partial charge in [-0.15, -0.1) is 0 Å². The first-order valence-electron chi connectivity index (χ1n) is 9.39. The van der Waals surface area contributed by atoms with Crippen LogP contribution in [0.25, 0.3) is 21.9 Å². The van der Waals surface area contributed by atoms with Crippen molar-refractivity contribution in [1.29, 1.82) is 0 Å². The van der Waals surface area contributed by atoms with E-state index in [0.29, 0.717) is 37.0 Å². The summed E-state index contributed by atoms with van der Waals surface area (Å²) in [5.41, 5.74) is -0.0123. The minimum atomic E-state index is -0.625. The molecule has 2 aromatic carbocycles. The number of rotatable bonds is 7. The Labute approximate surface area is 156 Å². The summed E-state index contributed by atoms with van der Waals surface area (Å²) >= 11 is 0. The van der Waals surface area contributed by atoms with Crippen molar-refractivity contribution in [3.05, 3.63) is 35.9 Å². The molecule has 27 heavy (non-hydrogen) atoms. The quantitative estimate of drug-likeness (QED) is 0.503. The van der Waals surface area contributed by atoms with E-state index in [-0.39, 0.29) is 28.8 Å². The molecule has 1 aromatic heterocycles. The average molecular weight is 376 g/mol. The Morgan fingerprint density at radius 2 is 1.70 bits per heavy atom. The van der Waals surface area contributed by atoms with E-state index in [1.54, 1.807) is 24.3 Å². The average Bonchev–Trinajstić information content (AvgIpc) is 3.31. The highest BCUT2D eigenvalue weighted by atomic mass is 19.1. The number of hydrogen-bond donors (Lipinski definition) is 0. The number of halogens is 2. The second kappa shape index (κ2) is 7.72. The first-order chi connectivity index (χ1) is 13.2. The molecule has 1 aliphatic rings. The van der Waals surface area contributed by atoms with Crippen LogP contribution in [0.4, 0.5) is 8.78 Å². The summed E-state index contributed by atoms with van der Waals surface area (Å²) in [6.45, 7) is 3.57. The Balaban J connectivity index is 1.66. The molecule has 1 saturated heterocycles. The van der Waals surface area contributed by atoms with Crippen molar-refractivity contribution in [2.75, 3.05) is 19.8 Å². The molecule has 0 N–H and O–H groups in total. The molecule has 144 valence electrons. The summed E-state index contributed by atoms with van der Waals surface area (Å²) in [7, 11) is 0. The lowest BCUT2D eigenvalue weighted by molar-refractivity contribution is 0.138. The van der Waals surface area contributed by atoms with Gasteiger partial charge in [0.1, 0.15) is 6.10 Å². The van der Waals surface area contributed by atoms with Gasteiger partial charge >= 0.3 is 0 Å². The molecule has 4 rings (SSSR count). The van der Waals surface area contributed by atoms with E-state index in [1.165, 1.54) is 0 Å². The molecule has 0 saturated carbocycles. The third kappa shape index (κ3) is 3.46. The highest BCUT2D eigenvalue weighted by Gasteiger charge is 2.23. The van der Waals surface area contributed by atoms with E-state index in [0.717, 1.165) is 19.3 Å². The molecular weight excluding hydrogens is 354 g/mol. The van der Waals surface area contributed by atoms with Gasteiger partial charge in [0.05, 0.1) is 19.8 Å². The summed E-state index contributed by atoms with van der Waals surface area (Å²) in [6, 6.07) is 6.51. The second-order valence-electron chi connectivity index (χ2n) is 6.77. The highest BCUT2D eigenvalue weighted by Crippen LogP contribution is 2.38. The number of furan rings is 1. The third-order valence-electron chi connectivity index (χ3n) is 4.80. The third-order valence-corrected chi connectivity index (χ3v) is 4.80. The van der Waals surface area contributed by atoms with Crippen molar-refractivity contribution in [1.82, 2.24) is 0 Å². The van der Waals surface area contributed by atoms with E-state index >= 15 is 0 Å². The van der Waals surface area contributed by atoms with Gasteiger partial charge in [0.15, 0.2) is 22.7 Å². The summed E-state index contributed by atoms with van der Waals surface area (Å²) in [4.78, 5) is 0. The number of hydrogen-bond acceptors (Lipinski definition) is 4. The highest BCUT2D eigenvalue weighted by molar-refractivity contribution is 6.06. The van der Waals surface area contributed by atoms with Crippen molar-refractivity contribution < 1.29 is 27.4 Å². The number of unbranched alkanes of at least 4 members (excludes halogenated alkanes) is 2. The molecule has 0 spiro atoms. The van der Waals surface area contributed by atoms with Gasteiger partial charge in [-0.1, -0.05) is 19.8 Å². The molecule has 1 unspecified atom stereocenters. The fraction of sp³-hybridized carbons (Fsp3) is 0.429. The van der Waals surface area contributed by atoms with Gasteiger partial charge < -0.3 is 18.6 Å². The lowest BCUT2D eigenvalue weighted by atomic mass is 10.1. The van der Waals surface area contributed by atoms with E-state index in [9.17, 15) is 8.78 Å². The first-order valence-corrected chi connectivity index (χ1v) is 9.39. The van der Waals surface area contributed by atoms with Crippen LogP contribution >= 0.6 is 0 Å². The van der Waals surface area contributed by atoms with Crippen LogP contribution in [0.5, 0.6) is 11.5 Å². The predicted octanol–water partition coefficient (Wildman–Crippen LogP) is 5.60. The smallest absolute Gasteiger partial charge is 0.208 e. The summed E-state index contributed by atoms with van der Waals surface area (Å²) in [6.07, 6.45) is 3.47. The maximum atomic E-state index is 14.9. The summed E-state index contributed by atoms with van der Waals surface area (Å²) in [5, 5.41) is 1.02. The van der Waals surface area contributed by atoms with Crippen molar-refractivity contribution in [3.63, 3.8) is 0 Å². The van der Waals surface area contributed by atoms with Gasteiger partial charge in [0, 0.05) is 17.2 Å². The fourth-order valence-corrected chi connectivity index (χ4v) is 3.32. The van der Waals surface area contributed by atoms with Crippen molar-refractivity contribution in [2.45, 2.75) is 38.7 Å². The molecular formula is C21H22F2O4. The predicted molar refractivity (Wildman–Crippen MR) is 98.5 cm³/mol. The van der Waals surface area contributed by atoms with Crippen LogP contribution in [0.3, 0.4) is 0 Å². The Kier molecular flexibility index (Phi) is 5.16. The molecule has 3 aromatic rings. The van der Waals surface area contributed by atoms with E-state index in [4.69, 9.17) is 18.6 Å². The van der Waals surface area contributed by atoms with Crippen molar-refractivity contribution >= 4 is 21.9 Å². The van der Waals surface area contributed by atoms with Crippen LogP contribution in [0.15, 0.2) is 28.7 Å². The zero-order chi connectivity index (χ0) is 18.8. The molecule has 1 atom stereocenters. The monoisotopic (exact) mass is 376 g/mol. The van der Waals surface area contributed by atoms with Crippen LogP contribution < -0.4 is 9.47 Å². The van der Waals surface area contributed by atoms with E-state index in [1.807, 2.05) is 0 Å². The maximum absolute atomic E-state index is 14.9. The Bertz CT molecular complexity index is 944. The molecule has 2 heterocycles. The lowest BCUT2D eigenvalue weighted by Gasteiger charge is -2.12. The molecule has 0 bridgehead atoms.